The van der Waals surface area contributed by atoms with E-state index >= 15 is 0 Å². The van der Waals surface area contributed by atoms with Gasteiger partial charge in [0, 0.05) is 18.7 Å². The van der Waals surface area contributed by atoms with Crippen molar-refractivity contribution in [1.29, 1.82) is 0 Å². The SMILES string of the molecule is Cc1ccc(-c2nc(SCC(=O)N3CC=C(c4ccccc4)CC3)n[nH]2)cc1. The molecule has 1 amide bonds. The first kappa shape index (κ1) is 18.5. The lowest BCUT2D eigenvalue weighted by Gasteiger charge is -2.26. The van der Waals surface area contributed by atoms with Crippen LogP contribution in [0.2, 0.25) is 0 Å². The van der Waals surface area contributed by atoms with Gasteiger partial charge in [0.25, 0.3) is 0 Å². The number of nitrogens with zero attached hydrogens (tertiary/aromatic N) is 3. The van der Waals surface area contributed by atoms with Gasteiger partial charge in [0.1, 0.15) is 0 Å². The van der Waals surface area contributed by atoms with Crippen molar-refractivity contribution in [3.63, 3.8) is 0 Å². The van der Waals surface area contributed by atoms with Gasteiger partial charge in [-0.2, -0.15) is 0 Å². The summed E-state index contributed by atoms with van der Waals surface area (Å²) in [5.74, 6) is 1.19. The molecule has 142 valence electrons. The van der Waals surface area contributed by atoms with E-state index in [1.807, 2.05) is 47.4 Å². The number of rotatable bonds is 5. The molecule has 0 saturated heterocycles. The number of thioether (sulfide) groups is 1. The topological polar surface area (TPSA) is 61.9 Å². The second-order valence-corrected chi connectivity index (χ2v) is 7.75. The summed E-state index contributed by atoms with van der Waals surface area (Å²) in [6.07, 6.45) is 3.04. The quantitative estimate of drug-likeness (QED) is 0.664. The maximum Gasteiger partial charge on any atom is 0.233 e. The monoisotopic (exact) mass is 390 g/mol. The predicted octanol–water partition coefficient (Wildman–Crippen LogP) is 4.19. The van der Waals surface area contributed by atoms with E-state index < -0.39 is 0 Å². The van der Waals surface area contributed by atoms with Gasteiger partial charge in [-0.1, -0.05) is 78.0 Å². The molecule has 4 rings (SSSR count). The van der Waals surface area contributed by atoms with Crippen molar-refractivity contribution in [2.24, 2.45) is 0 Å². The molecule has 0 radical (unpaired) electrons. The van der Waals surface area contributed by atoms with E-state index in [1.165, 1.54) is 28.5 Å². The number of hydrogen-bond donors (Lipinski definition) is 1. The smallest absolute Gasteiger partial charge is 0.233 e. The van der Waals surface area contributed by atoms with Crippen molar-refractivity contribution in [2.45, 2.75) is 18.5 Å². The van der Waals surface area contributed by atoms with Crippen molar-refractivity contribution in [2.75, 3.05) is 18.8 Å². The number of H-pyrrole nitrogens is 1. The molecule has 0 spiro atoms. The minimum absolute atomic E-state index is 0.120. The first-order valence-corrected chi connectivity index (χ1v) is 10.3. The van der Waals surface area contributed by atoms with Gasteiger partial charge in [-0.25, -0.2) is 4.98 Å². The van der Waals surface area contributed by atoms with Gasteiger partial charge in [0.15, 0.2) is 5.82 Å². The molecule has 5 nitrogen and oxygen atoms in total. The van der Waals surface area contributed by atoms with Crippen LogP contribution >= 0.6 is 11.8 Å². The van der Waals surface area contributed by atoms with E-state index in [0.29, 0.717) is 17.5 Å². The molecule has 2 heterocycles. The van der Waals surface area contributed by atoms with E-state index in [9.17, 15) is 4.79 Å². The van der Waals surface area contributed by atoms with Crippen molar-refractivity contribution >= 4 is 23.2 Å². The molecule has 3 aromatic rings. The first-order valence-electron chi connectivity index (χ1n) is 9.33. The minimum Gasteiger partial charge on any atom is -0.338 e. The summed E-state index contributed by atoms with van der Waals surface area (Å²) < 4.78 is 0. The maximum absolute atomic E-state index is 12.5. The van der Waals surface area contributed by atoms with Crippen LogP contribution in [0, 0.1) is 6.92 Å². The lowest BCUT2D eigenvalue weighted by molar-refractivity contribution is -0.127. The number of benzene rings is 2. The largest absolute Gasteiger partial charge is 0.338 e. The van der Waals surface area contributed by atoms with Crippen LogP contribution in [0.3, 0.4) is 0 Å². The average Bonchev–Trinajstić information content (AvgIpc) is 3.22. The lowest BCUT2D eigenvalue weighted by Crippen LogP contribution is -2.35. The van der Waals surface area contributed by atoms with Gasteiger partial charge in [0.2, 0.25) is 11.1 Å². The van der Waals surface area contributed by atoms with Gasteiger partial charge in [-0.15, -0.1) is 5.10 Å². The zero-order chi connectivity index (χ0) is 19.3. The molecule has 0 atom stereocenters. The van der Waals surface area contributed by atoms with Crippen molar-refractivity contribution < 1.29 is 4.79 Å². The van der Waals surface area contributed by atoms with Crippen LogP contribution in [0.25, 0.3) is 17.0 Å². The zero-order valence-electron chi connectivity index (χ0n) is 15.8. The van der Waals surface area contributed by atoms with Crippen LogP contribution in [0.1, 0.15) is 17.5 Å². The molecule has 28 heavy (non-hydrogen) atoms. The van der Waals surface area contributed by atoms with Gasteiger partial charge >= 0.3 is 0 Å². The molecule has 1 N–H and O–H groups in total. The molecule has 0 aliphatic carbocycles. The van der Waals surface area contributed by atoms with Crippen molar-refractivity contribution in [3.05, 3.63) is 71.8 Å². The molecule has 0 bridgehead atoms. The maximum atomic E-state index is 12.5. The molecule has 2 aromatic carbocycles. The predicted molar refractivity (Wildman–Crippen MR) is 113 cm³/mol. The van der Waals surface area contributed by atoms with Gasteiger partial charge in [-0.05, 0) is 24.5 Å². The number of carbonyl (C=O) groups is 1. The molecular weight excluding hydrogens is 368 g/mol. The minimum atomic E-state index is 0.120. The zero-order valence-corrected chi connectivity index (χ0v) is 16.6. The summed E-state index contributed by atoms with van der Waals surface area (Å²) in [6, 6.07) is 18.5. The highest BCUT2D eigenvalue weighted by atomic mass is 32.2. The fourth-order valence-corrected chi connectivity index (χ4v) is 3.88. The number of hydrogen-bond acceptors (Lipinski definition) is 4. The second-order valence-electron chi connectivity index (χ2n) is 6.81. The molecule has 0 saturated carbocycles. The van der Waals surface area contributed by atoms with E-state index in [1.54, 1.807) is 0 Å². The number of aryl methyl sites for hydroxylation is 1. The highest BCUT2D eigenvalue weighted by Crippen LogP contribution is 2.23. The molecule has 1 aliphatic rings. The Hall–Kier alpha value is -2.86. The van der Waals surface area contributed by atoms with Crippen LogP contribution in [-0.2, 0) is 4.79 Å². The Labute approximate surface area is 168 Å². The van der Waals surface area contributed by atoms with E-state index in [2.05, 4.69) is 40.3 Å². The third-order valence-corrected chi connectivity index (χ3v) is 5.65. The van der Waals surface area contributed by atoms with Crippen LogP contribution < -0.4 is 0 Å². The number of carbonyl (C=O) groups excluding carboxylic acids is 1. The summed E-state index contributed by atoms with van der Waals surface area (Å²) in [7, 11) is 0. The van der Waals surface area contributed by atoms with Crippen LogP contribution in [0.15, 0.2) is 65.8 Å². The molecule has 1 aliphatic heterocycles. The van der Waals surface area contributed by atoms with E-state index in [4.69, 9.17) is 0 Å². The average molecular weight is 391 g/mol. The molecule has 1 aromatic heterocycles. The van der Waals surface area contributed by atoms with Gasteiger partial charge in [0.05, 0.1) is 5.75 Å². The number of amides is 1. The summed E-state index contributed by atoms with van der Waals surface area (Å²) >= 11 is 1.37. The Morgan fingerprint density at radius 3 is 2.61 bits per heavy atom. The summed E-state index contributed by atoms with van der Waals surface area (Å²) in [5.41, 5.74) is 4.75. The van der Waals surface area contributed by atoms with Crippen LogP contribution in [0.4, 0.5) is 0 Å². The second kappa shape index (κ2) is 8.44. The van der Waals surface area contributed by atoms with Crippen LogP contribution in [0.5, 0.6) is 0 Å². The normalized spacial score (nSPS) is 14.0. The highest BCUT2D eigenvalue weighted by molar-refractivity contribution is 7.99. The third-order valence-electron chi connectivity index (χ3n) is 4.82. The summed E-state index contributed by atoms with van der Waals surface area (Å²) in [5, 5.41) is 7.78. The number of nitrogens with one attached hydrogen (secondary N) is 1. The Bertz CT molecular complexity index is 979. The molecule has 6 heteroatoms. The van der Waals surface area contributed by atoms with Crippen LogP contribution in [-0.4, -0.2) is 44.8 Å². The van der Waals surface area contributed by atoms with E-state index in [-0.39, 0.29) is 5.91 Å². The number of aromatic nitrogens is 3. The van der Waals surface area contributed by atoms with Gasteiger partial charge in [-0.3, -0.25) is 9.89 Å². The Balaban J connectivity index is 1.32. The Morgan fingerprint density at radius 2 is 1.89 bits per heavy atom. The van der Waals surface area contributed by atoms with Crippen molar-refractivity contribution in [3.8, 4) is 11.4 Å². The first-order chi connectivity index (χ1) is 13.7. The Morgan fingerprint density at radius 1 is 1.11 bits per heavy atom. The van der Waals surface area contributed by atoms with Crippen molar-refractivity contribution in [1.82, 2.24) is 20.1 Å². The lowest BCUT2D eigenvalue weighted by atomic mass is 10.00. The third kappa shape index (κ3) is 4.34. The van der Waals surface area contributed by atoms with Gasteiger partial charge < -0.3 is 4.90 Å². The molecule has 0 unspecified atom stereocenters. The molecular formula is C22H22N4OS. The van der Waals surface area contributed by atoms with E-state index in [0.717, 1.165) is 24.4 Å². The highest BCUT2D eigenvalue weighted by Gasteiger charge is 2.18. The summed E-state index contributed by atoms with van der Waals surface area (Å²) in [4.78, 5) is 18.9. The number of aromatic amines is 1. The fraction of sp³-hybridized carbons (Fsp3) is 0.227. The standard InChI is InChI=1S/C22H22N4OS/c1-16-7-9-19(10-8-16)21-23-22(25-24-21)28-15-20(27)26-13-11-18(12-14-26)17-5-3-2-4-6-17/h2-11H,12-15H2,1H3,(H,23,24,25). The fourth-order valence-electron chi connectivity index (χ4n) is 3.18. The summed E-state index contributed by atoms with van der Waals surface area (Å²) in [6.45, 7) is 3.46. The Kier molecular flexibility index (Phi) is 5.58. The molecule has 0 fully saturated rings.